The van der Waals surface area contributed by atoms with E-state index in [4.69, 9.17) is 9.47 Å². The van der Waals surface area contributed by atoms with Crippen molar-refractivity contribution in [1.82, 2.24) is 0 Å². The molecule has 0 radical (unpaired) electrons. The SMILES string of the molecule is O=C1OC(=O)c2ccc(Sc3ccc(S(=O)(=O)c4ccc(Sc5ccc6c7c(cccc57)C(=O)OC6=O)cc4)cc3)c3cccc1c23. The van der Waals surface area contributed by atoms with Crippen molar-refractivity contribution >= 4 is 78.8 Å². The quantitative estimate of drug-likeness (QED) is 0.128. The summed E-state index contributed by atoms with van der Waals surface area (Å²) >= 11 is 2.78. The van der Waals surface area contributed by atoms with Crippen LogP contribution in [0.15, 0.2) is 139 Å². The third kappa shape index (κ3) is 4.82. The van der Waals surface area contributed by atoms with Crippen molar-refractivity contribution in [3.05, 3.63) is 131 Å². The van der Waals surface area contributed by atoms with Crippen molar-refractivity contribution in [2.75, 3.05) is 0 Å². The Bertz CT molecular complexity index is 2280. The third-order valence-electron chi connectivity index (χ3n) is 7.98. The number of hydrogen-bond acceptors (Lipinski definition) is 10. The van der Waals surface area contributed by atoms with E-state index in [1.165, 1.54) is 23.5 Å². The summed E-state index contributed by atoms with van der Waals surface area (Å²) in [6.07, 6.45) is 0. The van der Waals surface area contributed by atoms with Crippen LogP contribution in [0, 0.1) is 0 Å². The molecular formula is C36H18O8S3. The van der Waals surface area contributed by atoms with Gasteiger partial charge >= 0.3 is 23.9 Å². The largest absolute Gasteiger partial charge is 0.386 e. The van der Waals surface area contributed by atoms with Gasteiger partial charge in [-0.15, -0.1) is 0 Å². The molecule has 228 valence electrons. The third-order valence-corrected chi connectivity index (χ3v) is 11.9. The van der Waals surface area contributed by atoms with Crippen LogP contribution in [-0.4, -0.2) is 32.3 Å². The fraction of sp³-hybridized carbons (Fsp3) is 0. The van der Waals surface area contributed by atoms with E-state index in [2.05, 4.69) is 0 Å². The first kappa shape index (κ1) is 29.2. The van der Waals surface area contributed by atoms with Gasteiger partial charge in [-0.05, 0) is 95.7 Å². The van der Waals surface area contributed by atoms with Crippen molar-refractivity contribution < 1.29 is 37.1 Å². The highest BCUT2D eigenvalue weighted by Gasteiger charge is 2.29. The molecule has 0 aliphatic carbocycles. The molecule has 0 spiro atoms. The lowest BCUT2D eigenvalue weighted by Crippen LogP contribution is -2.19. The molecule has 2 heterocycles. The van der Waals surface area contributed by atoms with Gasteiger partial charge in [-0.2, -0.15) is 0 Å². The summed E-state index contributed by atoms with van der Waals surface area (Å²) in [5, 5.41) is 2.55. The minimum Gasteiger partial charge on any atom is -0.386 e. The maximum absolute atomic E-state index is 13.5. The van der Waals surface area contributed by atoms with Crippen LogP contribution in [0.3, 0.4) is 0 Å². The predicted octanol–water partition coefficient (Wildman–Crippen LogP) is 7.75. The van der Waals surface area contributed by atoms with E-state index < -0.39 is 33.7 Å². The lowest BCUT2D eigenvalue weighted by atomic mass is 9.97. The highest BCUT2D eigenvalue weighted by molar-refractivity contribution is 8.00. The maximum Gasteiger partial charge on any atom is 0.346 e. The summed E-state index contributed by atoms with van der Waals surface area (Å²) in [7, 11) is -3.82. The molecule has 47 heavy (non-hydrogen) atoms. The number of sulfone groups is 1. The van der Waals surface area contributed by atoms with E-state index in [1.54, 1.807) is 97.1 Å². The molecule has 8 nitrogen and oxygen atoms in total. The van der Waals surface area contributed by atoms with Gasteiger partial charge in [-0.1, -0.05) is 47.8 Å². The Labute approximate surface area is 275 Å². The van der Waals surface area contributed by atoms with E-state index in [1.807, 2.05) is 12.1 Å². The average molecular weight is 675 g/mol. The van der Waals surface area contributed by atoms with Gasteiger partial charge in [-0.25, -0.2) is 27.6 Å². The van der Waals surface area contributed by atoms with Crippen molar-refractivity contribution in [3.63, 3.8) is 0 Å². The van der Waals surface area contributed by atoms with Crippen molar-refractivity contribution in [2.24, 2.45) is 0 Å². The zero-order valence-electron chi connectivity index (χ0n) is 23.9. The summed E-state index contributed by atoms with van der Waals surface area (Å²) in [5.74, 6) is -2.73. The van der Waals surface area contributed by atoms with E-state index in [0.717, 1.165) is 30.4 Å². The summed E-state index contributed by atoms with van der Waals surface area (Å²) in [5.41, 5.74) is 1.31. The molecule has 0 saturated heterocycles. The zero-order valence-corrected chi connectivity index (χ0v) is 26.3. The van der Waals surface area contributed by atoms with Gasteiger partial charge in [0.05, 0.1) is 32.0 Å². The van der Waals surface area contributed by atoms with Crippen LogP contribution < -0.4 is 0 Å². The molecule has 0 unspecified atom stereocenters. The second kappa shape index (κ2) is 10.9. The van der Waals surface area contributed by atoms with Crippen molar-refractivity contribution in [1.29, 1.82) is 0 Å². The number of ether oxygens (including phenoxy) is 2. The van der Waals surface area contributed by atoms with Gasteiger partial charge in [0.15, 0.2) is 0 Å². The minimum absolute atomic E-state index is 0.132. The molecule has 0 atom stereocenters. The summed E-state index contributed by atoms with van der Waals surface area (Å²) in [4.78, 5) is 52.5. The highest BCUT2D eigenvalue weighted by atomic mass is 32.2. The average Bonchev–Trinajstić information content (AvgIpc) is 3.07. The second-order valence-corrected chi connectivity index (χ2v) is 14.9. The first-order valence-corrected chi connectivity index (χ1v) is 17.3. The lowest BCUT2D eigenvalue weighted by molar-refractivity contribution is 0.0373. The smallest absolute Gasteiger partial charge is 0.346 e. The Morgan fingerprint density at radius 3 is 1.17 bits per heavy atom. The Morgan fingerprint density at radius 2 is 0.787 bits per heavy atom. The lowest BCUT2D eigenvalue weighted by Gasteiger charge is -2.17. The van der Waals surface area contributed by atoms with Crippen LogP contribution in [0.1, 0.15) is 41.4 Å². The number of cyclic esters (lactones) is 4. The standard InChI is InChI=1S/C36H18O8S3/c37-33-25-5-1-3-23-29(17-15-27(31(23)25)35(39)43-33)45-19-7-11-21(12-8-19)47(41,42)22-13-9-20(10-14-22)46-30-18-16-28-32-24(30)4-2-6-26(32)34(38)44-36(28)40/h1-18H. The Kier molecular flexibility index (Phi) is 6.80. The number of esters is 4. The van der Waals surface area contributed by atoms with Gasteiger partial charge in [0, 0.05) is 30.4 Å². The molecule has 11 heteroatoms. The summed E-state index contributed by atoms with van der Waals surface area (Å²) in [6, 6.07) is 30.3. The van der Waals surface area contributed by atoms with Crippen LogP contribution in [0.5, 0.6) is 0 Å². The van der Waals surface area contributed by atoms with Gasteiger partial charge in [0.1, 0.15) is 0 Å². The normalized spacial score (nSPS) is 14.0. The van der Waals surface area contributed by atoms with Gasteiger partial charge in [0.2, 0.25) is 9.84 Å². The van der Waals surface area contributed by atoms with Crippen LogP contribution in [0.2, 0.25) is 0 Å². The molecule has 0 fully saturated rings. The Morgan fingerprint density at radius 1 is 0.426 bits per heavy atom. The molecule has 0 saturated carbocycles. The highest BCUT2D eigenvalue weighted by Crippen LogP contribution is 2.40. The maximum atomic E-state index is 13.5. The molecule has 8 rings (SSSR count). The number of carbonyl (C=O) groups excluding carboxylic acids is 4. The number of carbonyl (C=O) groups is 4. The fourth-order valence-corrected chi connectivity index (χ4v) is 8.92. The van der Waals surface area contributed by atoms with E-state index in [-0.39, 0.29) is 9.79 Å². The zero-order chi connectivity index (χ0) is 32.4. The molecule has 2 aliphatic rings. The summed E-state index contributed by atoms with van der Waals surface area (Å²) in [6.45, 7) is 0. The van der Waals surface area contributed by atoms with Crippen LogP contribution in [0.25, 0.3) is 21.5 Å². The molecule has 6 aromatic rings. The number of hydrogen-bond donors (Lipinski definition) is 0. The van der Waals surface area contributed by atoms with E-state index in [0.29, 0.717) is 33.0 Å². The topological polar surface area (TPSA) is 121 Å². The minimum atomic E-state index is -3.82. The van der Waals surface area contributed by atoms with Crippen LogP contribution in [-0.2, 0) is 19.3 Å². The first-order chi connectivity index (χ1) is 22.7. The van der Waals surface area contributed by atoms with E-state index in [9.17, 15) is 27.6 Å². The molecule has 2 aliphatic heterocycles. The Hall–Kier alpha value is -5.23. The van der Waals surface area contributed by atoms with Gasteiger partial charge in [-0.3, -0.25) is 0 Å². The van der Waals surface area contributed by atoms with Crippen LogP contribution in [0.4, 0.5) is 0 Å². The first-order valence-electron chi connectivity index (χ1n) is 14.1. The molecule has 0 N–H and O–H groups in total. The summed E-state index contributed by atoms with van der Waals surface area (Å²) < 4.78 is 36.7. The fourth-order valence-electron chi connectivity index (χ4n) is 5.77. The van der Waals surface area contributed by atoms with Crippen molar-refractivity contribution in [2.45, 2.75) is 29.4 Å². The molecule has 0 amide bonds. The molecular weight excluding hydrogens is 657 g/mol. The predicted molar refractivity (Wildman–Crippen MR) is 174 cm³/mol. The van der Waals surface area contributed by atoms with Crippen LogP contribution >= 0.6 is 23.5 Å². The second-order valence-electron chi connectivity index (χ2n) is 10.7. The van der Waals surface area contributed by atoms with Gasteiger partial charge < -0.3 is 9.47 Å². The van der Waals surface area contributed by atoms with Gasteiger partial charge in [0.25, 0.3) is 0 Å². The monoisotopic (exact) mass is 674 g/mol. The molecule has 6 aromatic carbocycles. The molecule has 0 aromatic heterocycles. The number of benzene rings is 6. The Balaban J connectivity index is 1.04. The number of rotatable bonds is 6. The van der Waals surface area contributed by atoms with Crippen molar-refractivity contribution in [3.8, 4) is 0 Å². The molecule has 0 bridgehead atoms. The van der Waals surface area contributed by atoms with E-state index >= 15 is 0 Å².